The number of amides is 1. The topological polar surface area (TPSA) is 64.7 Å². The Morgan fingerprint density at radius 2 is 2.13 bits per heavy atom. The fourth-order valence-corrected chi connectivity index (χ4v) is 3.58. The Labute approximate surface area is 136 Å². The van der Waals surface area contributed by atoms with E-state index in [0.29, 0.717) is 0 Å². The molecule has 2 atom stereocenters. The van der Waals surface area contributed by atoms with Crippen LogP contribution in [0.5, 0.6) is 0 Å². The van der Waals surface area contributed by atoms with E-state index < -0.39 is 0 Å². The summed E-state index contributed by atoms with van der Waals surface area (Å²) < 4.78 is 4.00. The van der Waals surface area contributed by atoms with Gasteiger partial charge in [0.25, 0.3) is 0 Å². The first-order chi connectivity index (χ1) is 10.9. The predicted octanol–water partition coefficient (Wildman–Crippen LogP) is 1.78. The Bertz CT molecular complexity index is 742. The molecule has 0 saturated heterocycles. The molecule has 124 valence electrons. The smallest absolute Gasteiger partial charge is 0.227 e. The van der Waals surface area contributed by atoms with Crippen LogP contribution in [0.3, 0.4) is 0 Å². The van der Waals surface area contributed by atoms with Gasteiger partial charge in [0.15, 0.2) is 0 Å². The van der Waals surface area contributed by atoms with Gasteiger partial charge in [-0.1, -0.05) is 0 Å². The van der Waals surface area contributed by atoms with Crippen LogP contribution in [0.1, 0.15) is 47.7 Å². The van der Waals surface area contributed by atoms with Gasteiger partial charge in [0.1, 0.15) is 5.82 Å². The molecule has 0 saturated carbocycles. The summed E-state index contributed by atoms with van der Waals surface area (Å²) in [6.07, 6.45) is 3.92. The molecule has 1 amide bonds. The monoisotopic (exact) mass is 315 g/mol. The minimum Gasteiger partial charge on any atom is -0.351 e. The zero-order valence-corrected chi connectivity index (χ0v) is 14.6. The van der Waals surface area contributed by atoms with Gasteiger partial charge in [-0.2, -0.15) is 5.10 Å². The quantitative estimate of drug-likeness (QED) is 0.939. The molecule has 2 aromatic heterocycles. The van der Waals surface area contributed by atoms with Crippen molar-refractivity contribution in [2.24, 2.45) is 7.05 Å². The molecule has 0 unspecified atom stereocenters. The number of carbonyl (C=O) groups excluding carboxylic acids is 1. The molecule has 0 radical (unpaired) electrons. The van der Waals surface area contributed by atoms with Gasteiger partial charge >= 0.3 is 0 Å². The second-order valence-electron chi connectivity index (χ2n) is 6.62. The van der Waals surface area contributed by atoms with Gasteiger partial charge in [-0.3, -0.25) is 9.48 Å². The van der Waals surface area contributed by atoms with Crippen molar-refractivity contribution in [2.75, 3.05) is 0 Å². The third-order valence-corrected chi connectivity index (χ3v) is 4.85. The van der Waals surface area contributed by atoms with Crippen LogP contribution in [0, 0.1) is 20.8 Å². The van der Waals surface area contributed by atoms with E-state index in [2.05, 4.69) is 26.2 Å². The number of hydrogen-bond donors (Lipinski definition) is 1. The van der Waals surface area contributed by atoms with Crippen molar-refractivity contribution < 1.29 is 4.79 Å². The summed E-state index contributed by atoms with van der Waals surface area (Å²) in [5.74, 6) is 1.02. The highest BCUT2D eigenvalue weighted by atomic mass is 16.1. The minimum atomic E-state index is -0.186. The number of nitrogens with zero attached hydrogens (tertiary/aromatic N) is 4. The molecule has 23 heavy (non-hydrogen) atoms. The highest BCUT2D eigenvalue weighted by Crippen LogP contribution is 2.24. The van der Waals surface area contributed by atoms with E-state index in [9.17, 15) is 4.79 Å². The summed E-state index contributed by atoms with van der Waals surface area (Å²) in [6.45, 7) is 8.75. The highest BCUT2D eigenvalue weighted by molar-refractivity contribution is 5.84. The fraction of sp³-hybridized carbons (Fsp3) is 0.588. The van der Waals surface area contributed by atoms with Crippen LogP contribution in [-0.2, 0) is 24.8 Å². The van der Waals surface area contributed by atoms with Crippen molar-refractivity contribution >= 4 is 5.91 Å². The maximum atomic E-state index is 12.7. The number of imidazole rings is 1. The fourth-order valence-electron chi connectivity index (χ4n) is 3.58. The van der Waals surface area contributed by atoms with Crippen molar-refractivity contribution in [1.29, 1.82) is 0 Å². The van der Waals surface area contributed by atoms with Crippen LogP contribution in [0.15, 0.2) is 6.20 Å². The summed E-state index contributed by atoms with van der Waals surface area (Å²) >= 11 is 0. The first-order valence-electron chi connectivity index (χ1n) is 8.20. The summed E-state index contributed by atoms with van der Waals surface area (Å²) in [4.78, 5) is 17.2. The van der Waals surface area contributed by atoms with E-state index in [1.165, 1.54) is 0 Å². The molecule has 1 aliphatic heterocycles. The SMILES string of the molecule is Cc1cn2c(n1)CC[C@H](NC(=O)[C@H](C)c1c(C)nn(C)c1C)C2. The van der Waals surface area contributed by atoms with E-state index in [0.717, 1.165) is 47.9 Å². The molecule has 6 heteroatoms. The number of carbonyl (C=O) groups is 1. The average molecular weight is 315 g/mol. The molecule has 2 aromatic rings. The molecule has 3 rings (SSSR count). The van der Waals surface area contributed by atoms with Crippen molar-refractivity contribution in [3.8, 4) is 0 Å². The van der Waals surface area contributed by atoms with Crippen LogP contribution in [0.2, 0.25) is 0 Å². The van der Waals surface area contributed by atoms with Crippen LogP contribution in [0.25, 0.3) is 0 Å². The van der Waals surface area contributed by atoms with E-state index in [-0.39, 0.29) is 17.9 Å². The third kappa shape index (κ3) is 2.90. The third-order valence-electron chi connectivity index (χ3n) is 4.85. The predicted molar refractivity (Wildman–Crippen MR) is 88.3 cm³/mol. The van der Waals surface area contributed by atoms with Crippen molar-refractivity contribution in [3.63, 3.8) is 0 Å². The Hall–Kier alpha value is -2.11. The molecule has 1 aliphatic rings. The average Bonchev–Trinajstić information content (AvgIpc) is 2.97. The standard InChI is InChI=1S/C17H25N5O/c1-10-8-22-9-14(6-7-15(22)18-10)19-17(23)11(2)16-12(3)20-21(5)13(16)4/h8,11,14H,6-7,9H2,1-5H3,(H,19,23)/t11-,14+/m1/s1. The summed E-state index contributed by atoms with van der Waals surface area (Å²) in [5.41, 5.74) is 4.08. The summed E-state index contributed by atoms with van der Waals surface area (Å²) in [7, 11) is 1.92. The maximum Gasteiger partial charge on any atom is 0.227 e. The molecular weight excluding hydrogens is 290 g/mol. The van der Waals surface area contributed by atoms with Crippen molar-refractivity contribution in [1.82, 2.24) is 24.6 Å². The molecule has 0 aliphatic carbocycles. The zero-order chi connectivity index (χ0) is 16.7. The largest absolute Gasteiger partial charge is 0.351 e. The van der Waals surface area contributed by atoms with Crippen molar-refractivity contribution in [3.05, 3.63) is 34.7 Å². The molecule has 6 nitrogen and oxygen atoms in total. The molecule has 1 N–H and O–H groups in total. The lowest BCUT2D eigenvalue weighted by atomic mass is 9.97. The second-order valence-corrected chi connectivity index (χ2v) is 6.62. The number of fused-ring (bicyclic) bond motifs is 1. The number of aromatic nitrogens is 4. The Kier molecular flexibility index (Phi) is 4.00. The summed E-state index contributed by atoms with van der Waals surface area (Å²) in [6, 6.07) is 0.170. The van der Waals surface area contributed by atoms with Crippen molar-refractivity contribution in [2.45, 2.75) is 59.0 Å². The van der Waals surface area contributed by atoms with Gasteiger partial charge in [-0.15, -0.1) is 0 Å². The molecule has 0 fully saturated rings. The second kappa shape index (κ2) is 5.83. The van der Waals surface area contributed by atoms with E-state index in [1.54, 1.807) is 0 Å². The minimum absolute atomic E-state index is 0.0782. The van der Waals surface area contributed by atoms with Crippen LogP contribution in [0.4, 0.5) is 0 Å². The van der Waals surface area contributed by atoms with E-state index in [1.807, 2.05) is 39.4 Å². The molecule has 0 bridgehead atoms. The van der Waals surface area contributed by atoms with Crippen LogP contribution >= 0.6 is 0 Å². The zero-order valence-electron chi connectivity index (χ0n) is 14.6. The number of nitrogens with one attached hydrogen (secondary N) is 1. The lowest BCUT2D eigenvalue weighted by Crippen LogP contribution is -2.42. The lowest BCUT2D eigenvalue weighted by Gasteiger charge is -2.26. The van der Waals surface area contributed by atoms with Gasteiger partial charge in [0, 0.05) is 43.5 Å². The van der Waals surface area contributed by atoms with E-state index in [4.69, 9.17) is 0 Å². The summed E-state index contributed by atoms with van der Waals surface area (Å²) in [5, 5.41) is 7.62. The highest BCUT2D eigenvalue weighted by Gasteiger charge is 2.26. The first kappa shape index (κ1) is 15.8. The Balaban J connectivity index is 1.70. The Morgan fingerprint density at radius 1 is 1.39 bits per heavy atom. The number of aryl methyl sites for hydroxylation is 4. The van der Waals surface area contributed by atoms with Crippen LogP contribution in [-0.4, -0.2) is 31.3 Å². The Morgan fingerprint density at radius 3 is 2.78 bits per heavy atom. The number of rotatable bonds is 3. The maximum absolute atomic E-state index is 12.7. The van der Waals surface area contributed by atoms with Gasteiger partial charge in [-0.25, -0.2) is 4.98 Å². The van der Waals surface area contributed by atoms with Gasteiger partial charge in [0.05, 0.1) is 17.3 Å². The van der Waals surface area contributed by atoms with Gasteiger partial charge in [-0.05, 0) is 34.1 Å². The normalized spacial score (nSPS) is 18.6. The number of hydrogen-bond acceptors (Lipinski definition) is 3. The molecule has 3 heterocycles. The first-order valence-corrected chi connectivity index (χ1v) is 8.20. The van der Waals surface area contributed by atoms with Gasteiger partial charge < -0.3 is 9.88 Å². The van der Waals surface area contributed by atoms with Crippen LogP contribution < -0.4 is 5.32 Å². The lowest BCUT2D eigenvalue weighted by molar-refractivity contribution is -0.123. The van der Waals surface area contributed by atoms with E-state index >= 15 is 0 Å². The van der Waals surface area contributed by atoms with Gasteiger partial charge in [0.2, 0.25) is 5.91 Å². The molecule has 0 aromatic carbocycles. The molecular formula is C17H25N5O. The molecule has 0 spiro atoms.